The molecule has 2 aromatic heterocycles. The molecule has 0 saturated carbocycles. The number of nitrogens with one attached hydrogen (secondary N) is 2. The summed E-state index contributed by atoms with van der Waals surface area (Å²) in [6.45, 7) is 7.73. The van der Waals surface area contributed by atoms with Crippen LogP contribution in [0, 0.1) is 6.92 Å². The average Bonchev–Trinajstić information content (AvgIpc) is 2.99. The van der Waals surface area contributed by atoms with E-state index in [1.807, 2.05) is 24.0 Å². The van der Waals surface area contributed by atoms with Gasteiger partial charge in [0.05, 0.1) is 11.3 Å². The van der Waals surface area contributed by atoms with Crippen molar-refractivity contribution in [3.63, 3.8) is 0 Å². The Labute approximate surface area is 242 Å². The molecule has 0 bridgehead atoms. The van der Waals surface area contributed by atoms with Crippen molar-refractivity contribution in [2.24, 2.45) is 0 Å². The van der Waals surface area contributed by atoms with E-state index in [2.05, 4.69) is 37.4 Å². The summed E-state index contributed by atoms with van der Waals surface area (Å²) in [5.74, 6) is -0.195. The molecular formula is C31H32F3N7O. The van der Waals surface area contributed by atoms with Gasteiger partial charge in [-0.2, -0.15) is 13.2 Å². The van der Waals surface area contributed by atoms with Crippen molar-refractivity contribution in [1.29, 1.82) is 0 Å². The second kappa shape index (κ2) is 12.6. The van der Waals surface area contributed by atoms with Crippen LogP contribution >= 0.6 is 0 Å². The fourth-order valence-corrected chi connectivity index (χ4v) is 4.89. The lowest BCUT2D eigenvalue weighted by molar-refractivity contribution is -0.137. The van der Waals surface area contributed by atoms with Crippen molar-refractivity contribution < 1.29 is 18.0 Å². The molecule has 1 amide bonds. The molecule has 0 aliphatic carbocycles. The van der Waals surface area contributed by atoms with Gasteiger partial charge >= 0.3 is 6.18 Å². The average molecular weight is 576 g/mol. The molecule has 1 saturated heterocycles. The Morgan fingerprint density at radius 3 is 2.52 bits per heavy atom. The third-order valence-corrected chi connectivity index (χ3v) is 7.14. The zero-order chi connectivity index (χ0) is 29.7. The highest BCUT2D eigenvalue weighted by Gasteiger charge is 2.32. The predicted octanol–water partition coefficient (Wildman–Crippen LogP) is 6.39. The molecule has 0 spiro atoms. The number of nitrogens with zero attached hydrogens (tertiary/aromatic N) is 5. The van der Waals surface area contributed by atoms with E-state index in [-0.39, 0.29) is 11.3 Å². The van der Waals surface area contributed by atoms with Crippen LogP contribution in [0.5, 0.6) is 0 Å². The monoisotopic (exact) mass is 575 g/mol. The van der Waals surface area contributed by atoms with Gasteiger partial charge in [0.2, 0.25) is 5.95 Å². The number of hydrogen-bond donors (Lipinski definition) is 2. The number of carbonyl (C=O) groups is 1. The number of pyridine rings is 1. The molecule has 11 heteroatoms. The second-order valence-electron chi connectivity index (χ2n) is 10.2. The van der Waals surface area contributed by atoms with Crippen LogP contribution in [0.2, 0.25) is 0 Å². The highest BCUT2D eigenvalue weighted by Crippen LogP contribution is 2.35. The molecule has 2 N–H and O–H groups in total. The smallest absolute Gasteiger partial charge is 0.369 e. The number of benzene rings is 2. The number of anilines is 4. The Balaban J connectivity index is 1.35. The minimum atomic E-state index is -4.55. The molecule has 0 unspecified atom stereocenters. The summed E-state index contributed by atoms with van der Waals surface area (Å²) in [5, 5.41) is 5.83. The number of aryl methyl sites for hydroxylation is 1. The molecule has 0 radical (unpaired) electrons. The van der Waals surface area contributed by atoms with Gasteiger partial charge in [0.25, 0.3) is 5.91 Å². The van der Waals surface area contributed by atoms with Crippen LogP contribution in [-0.2, 0) is 6.18 Å². The van der Waals surface area contributed by atoms with E-state index in [0.717, 1.165) is 49.3 Å². The molecule has 42 heavy (non-hydrogen) atoms. The van der Waals surface area contributed by atoms with Gasteiger partial charge in [-0.25, -0.2) is 9.97 Å². The number of halogens is 3. The first-order chi connectivity index (χ1) is 20.2. The first-order valence-corrected chi connectivity index (χ1v) is 13.8. The number of rotatable bonds is 8. The highest BCUT2D eigenvalue weighted by atomic mass is 19.4. The molecule has 4 aromatic rings. The third-order valence-electron chi connectivity index (χ3n) is 7.14. The largest absolute Gasteiger partial charge is 0.416 e. The van der Waals surface area contributed by atoms with Gasteiger partial charge in [-0.05, 0) is 74.0 Å². The van der Waals surface area contributed by atoms with E-state index in [9.17, 15) is 18.0 Å². The number of carbonyl (C=O) groups excluding carboxylic acids is 1. The van der Waals surface area contributed by atoms with Gasteiger partial charge < -0.3 is 15.5 Å². The minimum absolute atomic E-state index is 0.0865. The summed E-state index contributed by atoms with van der Waals surface area (Å²) in [7, 11) is 0. The summed E-state index contributed by atoms with van der Waals surface area (Å²) in [5.41, 5.74) is 2.94. The van der Waals surface area contributed by atoms with E-state index in [4.69, 9.17) is 0 Å². The number of hydrogen-bond acceptors (Lipinski definition) is 7. The molecule has 1 aliphatic rings. The standard InChI is InChI=1S/C31H32F3N7O/c1-3-11-40-12-14-41(15-13-40)26-18-24(31(32,33)34)17-25(19-26)37-29(42)22-7-6-21(2)28(16-22)39-30-36-10-8-27(38-30)23-5-4-9-35-20-23/h4-10,16-20H,3,11-15H2,1-2H3,(H,37,42)(H,36,38,39). The van der Waals surface area contributed by atoms with Crippen LogP contribution in [0.4, 0.5) is 36.2 Å². The van der Waals surface area contributed by atoms with Crippen LogP contribution in [0.3, 0.4) is 0 Å². The molecule has 3 heterocycles. The van der Waals surface area contributed by atoms with Crippen molar-refractivity contribution in [3.05, 3.63) is 89.9 Å². The number of amides is 1. The lowest BCUT2D eigenvalue weighted by atomic mass is 10.1. The van der Waals surface area contributed by atoms with Gasteiger partial charge in [0.1, 0.15) is 0 Å². The summed E-state index contributed by atoms with van der Waals surface area (Å²) in [6.07, 6.45) is 1.48. The summed E-state index contributed by atoms with van der Waals surface area (Å²) in [6, 6.07) is 14.2. The van der Waals surface area contributed by atoms with Gasteiger partial charge in [0, 0.05) is 73.0 Å². The first-order valence-electron chi connectivity index (χ1n) is 13.8. The molecule has 8 nitrogen and oxygen atoms in total. The Morgan fingerprint density at radius 2 is 1.81 bits per heavy atom. The van der Waals surface area contributed by atoms with Crippen LogP contribution in [-0.4, -0.2) is 58.5 Å². The lowest BCUT2D eigenvalue weighted by Gasteiger charge is -2.36. The van der Waals surface area contributed by atoms with Crippen LogP contribution < -0.4 is 15.5 Å². The minimum Gasteiger partial charge on any atom is -0.369 e. The molecule has 218 valence electrons. The van der Waals surface area contributed by atoms with Crippen LogP contribution in [0.25, 0.3) is 11.3 Å². The normalized spacial score (nSPS) is 14.1. The Hall–Kier alpha value is -4.51. The third kappa shape index (κ3) is 7.03. The van der Waals surface area contributed by atoms with Crippen LogP contribution in [0.15, 0.2) is 73.2 Å². The topological polar surface area (TPSA) is 86.3 Å². The van der Waals surface area contributed by atoms with Crippen molar-refractivity contribution >= 4 is 28.9 Å². The quantitative estimate of drug-likeness (QED) is 0.252. The maximum absolute atomic E-state index is 13.8. The molecule has 5 rings (SSSR count). The van der Waals surface area contributed by atoms with Crippen molar-refractivity contribution in [1.82, 2.24) is 19.9 Å². The predicted molar refractivity (Wildman–Crippen MR) is 158 cm³/mol. The zero-order valence-corrected chi connectivity index (χ0v) is 23.4. The fraction of sp³-hybridized carbons (Fsp3) is 0.290. The molecule has 2 aromatic carbocycles. The second-order valence-corrected chi connectivity index (χ2v) is 10.2. The Kier molecular flexibility index (Phi) is 8.67. The van der Waals surface area contributed by atoms with Gasteiger partial charge in [-0.3, -0.25) is 14.7 Å². The molecule has 1 fully saturated rings. The summed E-state index contributed by atoms with van der Waals surface area (Å²) >= 11 is 0. The van der Waals surface area contributed by atoms with Gasteiger partial charge in [-0.15, -0.1) is 0 Å². The van der Waals surface area contributed by atoms with E-state index in [1.165, 1.54) is 0 Å². The first kappa shape index (κ1) is 29.0. The maximum atomic E-state index is 13.8. The van der Waals surface area contributed by atoms with Crippen molar-refractivity contribution in [2.45, 2.75) is 26.4 Å². The maximum Gasteiger partial charge on any atom is 0.416 e. The molecular weight excluding hydrogens is 543 g/mol. The van der Waals surface area contributed by atoms with Crippen molar-refractivity contribution in [2.75, 3.05) is 48.3 Å². The van der Waals surface area contributed by atoms with E-state index >= 15 is 0 Å². The fourth-order valence-electron chi connectivity index (χ4n) is 4.89. The SMILES string of the molecule is CCCN1CCN(c2cc(NC(=O)c3ccc(C)c(Nc4nccc(-c5cccnc5)n4)c3)cc(C(F)(F)F)c2)CC1. The lowest BCUT2D eigenvalue weighted by Crippen LogP contribution is -2.46. The number of aromatic nitrogens is 3. The van der Waals surface area contributed by atoms with Gasteiger partial charge in [0.15, 0.2) is 0 Å². The van der Waals surface area contributed by atoms with Crippen molar-refractivity contribution in [3.8, 4) is 11.3 Å². The highest BCUT2D eigenvalue weighted by molar-refractivity contribution is 6.05. The van der Waals surface area contributed by atoms with E-state index in [0.29, 0.717) is 36.1 Å². The summed E-state index contributed by atoms with van der Waals surface area (Å²) in [4.78, 5) is 30.4. The van der Waals surface area contributed by atoms with E-state index in [1.54, 1.807) is 48.9 Å². The number of piperazine rings is 1. The Morgan fingerprint density at radius 1 is 1.00 bits per heavy atom. The molecule has 0 atom stereocenters. The zero-order valence-electron chi connectivity index (χ0n) is 23.4. The van der Waals surface area contributed by atoms with E-state index < -0.39 is 17.6 Å². The number of alkyl halides is 3. The molecule has 1 aliphatic heterocycles. The Bertz CT molecular complexity index is 1540. The van der Waals surface area contributed by atoms with Gasteiger partial charge in [-0.1, -0.05) is 13.0 Å². The summed E-state index contributed by atoms with van der Waals surface area (Å²) < 4.78 is 41.4. The van der Waals surface area contributed by atoms with Crippen LogP contribution in [0.1, 0.15) is 34.8 Å².